The van der Waals surface area contributed by atoms with Crippen molar-refractivity contribution >= 4 is 5.91 Å². The number of rotatable bonds is 14. The van der Waals surface area contributed by atoms with E-state index in [0.717, 1.165) is 38.9 Å². The van der Waals surface area contributed by atoms with Crippen molar-refractivity contribution in [3.05, 3.63) is 35.9 Å². The van der Waals surface area contributed by atoms with Gasteiger partial charge in [-0.15, -0.1) is 0 Å². The van der Waals surface area contributed by atoms with Gasteiger partial charge in [0.25, 0.3) is 0 Å². The van der Waals surface area contributed by atoms with Gasteiger partial charge in [0.1, 0.15) is 0 Å². The summed E-state index contributed by atoms with van der Waals surface area (Å²) in [6.45, 7) is 9.29. The van der Waals surface area contributed by atoms with Gasteiger partial charge in [-0.25, -0.2) is 0 Å². The number of carbonyl (C=O) groups excluding carboxylic acids is 1. The molecule has 0 N–H and O–H groups in total. The number of hydrogen-bond donors (Lipinski definition) is 0. The van der Waals surface area contributed by atoms with Crippen molar-refractivity contribution < 1.29 is 4.79 Å². The van der Waals surface area contributed by atoms with Crippen LogP contribution in [0.1, 0.15) is 77.7 Å². The third kappa shape index (κ3) is 8.04. The Hall–Kier alpha value is -1.35. The van der Waals surface area contributed by atoms with Gasteiger partial charge < -0.3 is 9.80 Å². The number of benzene rings is 1. The first-order valence-corrected chi connectivity index (χ1v) is 11.0. The Balaban J connectivity index is 3.00. The summed E-state index contributed by atoms with van der Waals surface area (Å²) in [4.78, 5) is 17.5. The Labute approximate surface area is 168 Å². The molecule has 0 atom stereocenters. The molecule has 0 saturated carbocycles. The maximum atomic E-state index is 13.3. The van der Waals surface area contributed by atoms with E-state index in [4.69, 9.17) is 0 Å². The van der Waals surface area contributed by atoms with Crippen LogP contribution in [0.25, 0.3) is 0 Å². The van der Waals surface area contributed by atoms with E-state index in [2.05, 4.69) is 75.0 Å². The molecule has 3 heteroatoms. The SMILES string of the molecule is CCCCC(CCCC)(CC(=O)N(CC)CCCN(C)C)c1ccccc1. The molecule has 0 unspecified atom stereocenters. The highest BCUT2D eigenvalue weighted by Crippen LogP contribution is 2.39. The summed E-state index contributed by atoms with van der Waals surface area (Å²) in [6, 6.07) is 10.8. The lowest BCUT2D eigenvalue weighted by atomic mass is 9.70. The molecule has 1 aromatic rings. The van der Waals surface area contributed by atoms with Crippen LogP contribution in [0.15, 0.2) is 30.3 Å². The topological polar surface area (TPSA) is 23.6 Å². The Morgan fingerprint density at radius 2 is 1.48 bits per heavy atom. The highest BCUT2D eigenvalue weighted by molar-refractivity contribution is 5.78. The van der Waals surface area contributed by atoms with Gasteiger partial charge in [-0.3, -0.25) is 4.79 Å². The molecule has 1 amide bonds. The molecule has 0 bridgehead atoms. The molecule has 0 heterocycles. The quantitative estimate of drug-likeness (QED) is 0.429. The molecule has 0 saturated heterocycles. The van der Waals surface area contributed by atoms with Gasteiger partial charge in [0.15, 0.2) is 0 Å². The van der Waals surface area contributed by atoms with Gasteiger partial charge in [0, 0.05) is 24.9 Å². The van der Waals surface area contributed by atoms with E-state index in [1.807, 2.05) is 0 Å². The zero-order valence-corrected chi connectivity index (χ0v) is 18.5. The molecule has 3 nitrogen and oxygen atoms in total. The molecule has 0 spiro atoms. The minimum Gasteiger partial charge on any atom is -0.343 e. The van der Waals surface area contributed by atoms with Crippen molar-refractivity contribution in [2.24, 2.45) is 0 Å². The van der Waals surface area contributed by atoms with Gasteiger partial charge in [0.2, 0.25) is 5.91 Å². The standard InChI is InChI=1S/C24H42N2O/c1-6-9-17-24(18-10-7-2,22-15-12-11-13-16-22)21-23(27)26(8-3)20-14-19-25(4)5/h11-13,15-16H,6-10,14,17-21H2,1-5H3. The number of unbranched alkanes of at least 4 members (excludes halogenated alkanes) is 2. The molecule has 27 heavy (non-hydrogen) atoms. The highest BCUT2D eigenvalue weighted by Gasteiger charge is 2.34. The van der Waals surface area contributed by atoms with E-state index < -0.39 is 0 Å². The van der Waals surface area contributed by atoms with Crippen molar-refractivity contribution in [2.75, 3.05) is 33.7 Å². The smallest absolute Gasteiger partial charge is 0.223 e. The number of nitrogens with zero attached hydrogens (tertiary/aromatic N) is 2. The molecule has 154 valence electrons. The van der Waals surface area contributed by atoms with Crippen molar-refractivity contribution in [1.82, 2.24) is 9.80 Å². The maximum absolute atomic E-state index is 13.3. The first-order chi connectivity index (χ1) is 13.0. The van der Waals surface area contributed by atoms with Crippen molar-refractivity contribution in [2.45, 2.75) is 77.6 Å². The Bertz CT molecular complexity index is 504. The van der Waals surface area contributed by atoms with Crippen LogP contribution in [0.3, 0.4) is 0 Å². The van der Waals surface area contributed by atoms with Crippen LogP contribution in [-0.2, 0) is 10.2 Å². The molecular weight excluding hydrogens is 332 g/mol. The summed E-state index contributed by atoms with van der Waals surface area (Å²) in [5.41, 5.74) is 1.34. The van der Waals surface area contributed by atoms with E-state index in [1.165, 1.54) is 31.2 Å². The highest BCUT2D eigenvalue weighted by atomic mass is 16.2. The van der Waals surface area contributed by atoms with E-state index in [-0.39, 0.29) is 5.41 Å². The summed E-state index contributed by atoms with van der Waals surface area (Å²) in [5.74, 6) is 0.326. The Morgan fingerprint density at radius 1 is 0.889 bits per heavy atom. The number of carbonyl (C=O) groups is 1. The van der Waals surface area contributed by atoms with Crippen molar-refractivity contribution in [3.63, 3.8) is 0 Å². The average molecular weight is 375 g/mol. The molecule has 0 aliphatic heterocycles. The lowest BCUT2D eigenvalue weighted by molar-refractivity contribution is -0.132. The molecule has 0 aromatic heterocycles. The molecule has 0 fully saturated rings. The van der Waals surface area contributed by atoms with Crippen LogP contribution in [0, 0.1) is 0 Å². The fourth-order valence-corrected chi connectivity index (χ4v) is 3.95. The summed E-state index contributed by atoms with van der Waals surface area (Å²) >= 11 is 0. The summed E-state index contributed by atoms with van der Waals surface area (Å²) in [5, 5.41) is 0. The minimum atomic E-state index is -0.0146. The van der Waals surface area contributed by atoms with Crippen molar-refractivity contribution in [1.29, 1.82) is 0 Å². The summed E-state index contributed by atoms with van der Waals surface area (Å²) < 4.78 is 0. The summed E-state index contributed by atoms with van der Waals surface area (Å²) in [7, 11) is 4.18. The first-order valence-electron chi connectivity index (χ1n) is 11.0. The van der Waals surface area contributed by atoms with Crippen LogP contribution >= 0.6 is 0 Å². The number of amides is 1. The molecule has 0 radical (unpaired) electrons. The average Bonchev–Trinajstić information content (AvgIpc) is 2.67. The third-order valence-corrected chi connectivity index (χ3v) is 5.66. The van der Waals surface area contributed by atoms with Crippen LogP contribution in [-0.4, -0.2) is 49.4 Å². The van der Waals surface area contributed by atoms with Crippen LogP contribution in [0.2, 0.25) is 0 Å². The van der Waals surface area contributed by atoms with E-state index in [9.17, 15) is 4.79 Å². The lowest BCUT2D eigenvalue weighted by Gasteiger charge is -2.36. The fraction of sp³-hybridized carbons (Fsp3) is 0.708. The van der Waals surface area contributed by atoms with Gasteiger partial charge in [0.05, 0.1) is 0 Å². The second kappa shape index (κ2) is 12.9. The second-order valence-electron chi connectivity index (χ2n) is 8.16. The van der Waals surface area contributed by atoms with Gasteiger partial charge in [-0.05, 0) is 52.4 Å². The van der Waals surface area contributed by atoms with Crippen molar-refractivity contribution in [3.8, 4) is 0 Å². The Morgan fingerprint density at radius 3 is 1.96 bits per heavy atom. The minimum absolute atomic E-state index is 0.0146. The van der Waals surface area contributed by atoms with E-state index >= 15 is 0 Å². The van der Waals surface area contributed by atoms with E-state index in [0.29, 0.717) is 12.3 Å². The molecular formula is C24H42N2O. The molecule has 0 aliphatic rings. The number of hydrogen-bond acceptors (Lipinski definition) is 2. The van der Waals surface area contributed by atoms with Crippen LogP contribution in [0.4, 0.5) is 0 Å². The van der Waals surface area contributed by atoms with Gasteiger partial charge in [-0.2, -0.15) is 0 Å². The Kier molecular flexibility index (Phi) is 11.3. The zero-order valence-electron chi connectivity index (χ0n) is 18.5. The zero-order chi connectivity index (χ0) is 20.1. The monoisotopic (exact) mass is 374 g/mol. The van der Waals surface area contributed by atoms with Gasteiger partial charge in [-0.1, -0.05) is 69.9 Å². The fourth-order valence-electron chi connectivity index (χ4n) is 3.95. The van der Waals surface area contributed by atoms with Crippen LogP contribution in [0.5, 0.6) is 0 Å². The predicted octanol–water partition coefficient (Wildman–Crippen LogP) is 5.50. The third-order valence-electron chi connectivity index (χ3n) is 5.66. The molecule has 0 aliphatic carbocycles. The maximum Gasteiger partial charge on any atom is 0.223 e. The molecule has 1 rings (SSSR count). The normalized spacial score (nSPS) is 11.8. The summed E-state index contributed by atoms with van der Waals surface area (Å²) in [6.07, 6.45) is 8.60. The van der Waals surface area contributed by atoms with E-state index in [1.54, 1.807) is 0 Å². The van der Waals surface area contributed by atoms with Gasteiger partial charge >= 0.3 is 0 Å². The van der Waals surface area contributed by atoms with Crippen LogP contribution < -0.4 is 0 Å². The molecule has 1 aromatic carbocycles. The first kappa shape index (κ1) is 23.7. The predicted molar refractivity (Wildman–Crippen MR) is 117 cm³/mol. The lowest BCUT2D eigenvalue weighted by Crippen LogP contribution is -2.39. The second-order valence-corrected chi connectivity index (χ2v) is 8.16. The largest absolute Gasteiger partial charge is 0.343 e.